The van der Waals surface area contributed by atoms with Gasteiger partial charge in [0.2, 0.25) is 0 Å². The molecule has 3 heteroatoms. The second-order valence-corrected chi connectivity index (χ2v) is 5.20. The maximum absolute atomic E-state index is 4.33. The largest absolute Gasteiger partial charge is 0.330 e. The van der Waals surface area contributed by atoms with Crippen molar-refractivity contribution in [3.05, 3.63) is 18.2 Å². The highest BCUT2D eigenvalue weighted by Crippen LogP contribution is 2.35. The van der Waals surface area contributed by atoms with Gasteiger partial charge < -0.3 is 9.88 Å². The molecule has 0 bridgehead atoms. The van der Waals surface area contributed by atoms with Crippen molar-refractivity contribution in [2.24, 2.45) is 5.92 Å². The normalized spacial score (nSPS) is 19.4. The van der Waals surface area contributed by atoms with E-state index in [0.717, 1.165) is 12.5 Å². The zero-order valence-electron chi connectivity index (χ0n) is 11.2. The van der Waals surface area contributed by atoms with Crippen molar-refractivity contribution in [3.8, 4) is 0 Å². The van der Waals surface area contributed by atoms with E-state index in [9.17, 15) is 0 Å². The lowest BCUT2D eigenvalue weighted by atomic mass is 9.82. The predicted octanol–water partition coefficient (Wildman–Crippen LogP) is 3.13. The molecule has 1 heterocycles. The number of hydrogen-bond donors (Lipinski definition) is 1. The molecule has 17 heavy (non-hydrogen) atoms. The minimum atomic E-state index is 0.654. The first-order valence-corrected chi connectivity index (χ1v) is 7.02. The average molecular weight is 235 g/mol. The minimum Gasteiger partial charge on any atom is -0.330 e. The van der Waals surface area contributed by atoms with Gasteiger partial charge in [0.25, 0.3) is 0 Å². The molecule has 1 saturated carbocycles. The molecule has 0 radical (unpaired) electrons. The second-order valence-electron chi connectivity index (χ2n) is 5.20. The van der Waals surface area contributed by atoms with Crippen LogP contribution in [0.1, 0.15) is 57.2 Å². The average Bonchev–Trinajstić information content (AvgIpc) is 2.81. The Labute approximate surface area is 105 Å². The number of rotatable bonds is 5. The molecule has 0 spiro atoms. The van der Waals surface area contributed by atoms with E-state index in [1.54, 1.807) is 0 Å². The van der Waals surface area contributed by atoms with E-state index >= 15 is 0 Å². The van der Waals surface area contributed by atoms with E-state index in [2.05, 4.69) is 21.8 Å². The van der Waals surface area contributed by atoms with Gasteiger partial charge in [0.05, 0.1) is 12.0 Å². The number of aromatic nitrogens is 2. The van der Waals surface area contributed by atoms with Gasteiger partial charge in [0.15, 0.2) is 0 Å². The molecule has 1 atom stereocenters. The van der Waals surface area contributed by atoms with Crippen LogP contribution in [0.2, 0.25) is 0 Å². The Bertz CT molecular complexity index is 326. The molecule has 3 nitrogen and oxygen atoms in total. The molecule has 1 fully saturated rings. The van der Waals surface area contributed by atoms with Gasteiger partial charge in [-0.2, -0.15) is 0 Å². The molecule has 96 valence electrons. The van der Waals surface area contributed by atoms with Gasteiger partial charge in [0, 0.05) is 18.8 Å². The van der Waals surface area contributed by atoms with E-state index in [0.29, 0.717) is 6.04 Å². The fourth-order valence-corrected chi connectivity index (χ4v) is 3.22. The van der Waals surface area contributed by atoms with Gasteiger partial charge in [-0.15, -0.1) is 0 Å². The zero-order chi connectivity index (χ0) is 12.1. The highest BCUT2D eigenvalue weighted by atomic mass is 15.1. The molecule has 1 aromatic heterocycles. The zero-order valence-corrected chi connectivity index (χ0v) is 11.2. The van der Waals surface area contributed by atoms with Crippen LogP contribution in [0.5, 0.6) is 0 Å². The van der Waals surface area contributed by atoms with E-state index in [1.165, 1.54) is 44.2 Å². The van der Waals surface area contributed by atoms with Crippen LogP contribution in [-0.4, -0.2) is 16.6 Å². The van der Waals surface area contributed by atoms with Crippen molar-refractivity contribution in [1.29, 1.82) is 0 Å². The Morgan fingerprint density at radius 1 is 1.41 bits per heavy atom. The van der Waals surface area contributed by atoms with Crippen molar-refractivity contribution in [2.45, 2.75) is 58.0 Å². The lowest BCUT2D eigenvalue weighted by molar-refractivity contribution is 0.239. The summed E-state index contributed by atoms with van der Waals surface area (Å²) in [7, 11) is 2.00. The first-order valence-electron chi connectivity index (χ1n) is 7.02. The fraction of sp³-hybridized carbons (Fsp3) is 0.786. The summed E-state index contributed by atoms with van der Waals surface area (Å²) in [5, 5.41) is 3.23. The Balaban J connectivity index is 2.12. The first kappa shape index (κ1) is 12.6. The molecule has 1 aliphatic rings. The molecule has 2 rings (SSSR count). The summed E-state index contributed by atoms with van der Waals surface area (Å²) in [6.45, 7) is 3.23. The monoisotopic (exact) mass is 235 g/mol. The van der Waals surface area contributed by atoms with Gasteiger partial charge in [-0.3, -0.25) is 0 Å². The van der Waals surface area contributed by atoms with Crippen molar-refractivity contribution >= 4 is 0 Å². The molecular formula is C14H25N3. The van der Waals surface area contributed by atoms with Crippen LogP contribution >= 0.6 is 0 Å². The standard InChI is InChI=1S/C14H25N3/c1-3-14(12-7-5-4-6-8-12)17-11-16-10-13(17)9-15-2/h10-12,14-15H,3-9H2,1-2H3. The van der Waals surface area contributed by atoms with E-state index in [1.807, 2.05) is 19.6 Å². The summed E-state index contributed by atoms with van der Waals surface area (Å²) in [5.74, 6) is 0.860. The summed E-state index contributed by atoms with van der Waals surface area (Å²) in [6.07, 6.45) is 12.3. The Morgan fingerprint density at radius 2 is 2.18 bits per heavy atom. The first-order chi connectivity index (χ1) is 8.36. The van der Waals surface area contributed by atoms with Crippen LogP contribution in [0, 0.1) is 5.92 Å². The molecule has 1 aromatic rings. The third-order valence-corrected chi connectivity index (χ3v) is 4.07. The highest BCUT2D eigenvalue weighted by Gasteiger charge is 2.24. The summed E-state index contributed by atoms with van der Waals surface area (Å²) in [4.78, 5) is 4.33. The maximum Gasteiger partial charge on any atom is 0.0951 e. The summed E-state index contributed by atoms with van der Waals surface area (Å²) < 4.78 is 2.41. The van der Waals surface area contributed by atoms with Crippen LogP contribution in [0.15, 0.2) is 12.5 Å². The number of hydrogen-bond acceptors (Lipinski definition) is 2. The molecule has 1 aliphatic carbocycles. The summed E-state index contributed by atoms with van der Waals surface area (Å²) in [6, 6.07) is 0.654. The lowest BCUT2D eigenvalue weighted by Crippen LogP contribution is -2.23. The van der Waals surface area contributed by atoms with Crippen LogP contribution < -0.4 is 5.32 Å². The molecule has 1 N–H and O–H groups in total. The lowest BCUT2D eigenvalue weighted by Gasteiger charge is -2.31. The SMILES string of the molecule is CCC(C1CCCCC1)n1cncc1CNC. The smallest absolute Gasteiger partial charge is 0.0951 e. The third kappa shape index (κ3) is 2.89. The minimum absolute atomic E-state index is 0.654. The predicted molar refractivity (Wildman–Crippen MR) is 70.9 cm³/mol. The second kappa shape index (κ2) is 6.20. The Hall–Kier alpha value is -0.830. The topological polar surface area (TPSA) is 29.9 Å². The third-order valence-electron chi connectivity index (χ3n) is 4.07. The summed E-state index contributed by atoms with van der Waals surface area (Å²) in [5.41, 5.74) is 1.32. The highest BCUT2D eigenvalue weighted by molar-refractivity contribution is 5.01. The van der Waals surface area contributed by atoms with Gasteiger partial charge in [-0.05, 0) is 32.2 Å². The van der Waals surface area contributed by atoms with Crippen molar-refractivity contribution < 1.29 is 0 Å². The van der Waals surface area contributed by atoms with E-state index in [-0.39, 0.29) is 0 Å². The summed E-state index contributed by atoms with van der Waals surface area (Å²) >= 11 is 0. The molecule has 0 saturated heterocycles. The number of nitrogens with zero attached hydrogens (tertiary/aromatic N) is 2. The van der Waals surface area contributed by atoms with Gasteiger partial charge in [0.1, 0.15) is 0 Å². The molecule has 0 aliphatic heterocycles. The molecule has 0 amide bonds. The van der Waals surface area contributed by atoms with Crippen LogP contribution in [0.25, 0.3) is 0 Å². The van der Waals surface area contributed by atoms with Crippen molar-refractivity contribution in [2.75, 3.05) is 7.05 Å². The Kier molecular flexibility index (Phi) is 4.60. The molecule has 0 aromatic carbocycles. The maximum atomic E-state index is 4.33. The van der Waals surface area contributed by atoms with Gasteiger partial charge in [-0.25, -0.2) is 4.98 Å². The number of imidazole rings is 1. The Morgan fingerprint density at radius 3 is 2.82 bits per heavy atom. The molecule has 1 unspecified atom stereocenters. The van der Waals surface area contributed by atoms with Crippen LogP contribution in [0.3, 0.4) is 0 Å². The van der Waals surface area contributed by atoms with Crippen molar-refractivity contribution in [1.82, 2.24) is 14.9 Å². The fourth-order valence-electron chi connectivity index (χ4n) is 3.22. The van der Waals surface area contributed by atoms with E-state index in [4.69, 9.17) is 0 Å². The quantitative estimate of drug-likeness (QED) is 0.849. The van der Waals surface area contributed by atoms with Gasteiger partial charge in [-0.1, -0.05) is 26.2 Å². The molecular weight excluding hydrogens is 210 g/mol. The number of nitrogens with one attached hydrogen (secondary N) is 1. The van der Waals surface area contributed by atoms with Crippen LogP contribution in [-0.2, 0) is 6.54 Å². The van der Waals surface area contributed by atoms with Gasteiger partial charge >= 0.3 is 0 Å². The van der Waals surface area contributed by atoms with Crippen LogP contribution in [0.4, 0.5) is 0 Å². The van der Waals surface area contributed by atoms with E-state index < -0.39 is 0 Å². The van der Waals surface area contributed by atoms with Crippen molar-refractivity contribution in [3.63, 3.8) is 0 Å².